The first-order valence-corrected chi connectivity index (χ1v) is 7.06. The number of ether oxygens (including phenoxy) is 1. The summed E-state index contributed by atoms with van der Waals surface area (Å²) in [5.41, 5.74) is 2.67. The van der Waals surface area contributed by atoms with Gasteiger partial charge in [0.1, 0.15) is 12.4 Å². The molecule has 2 N–H and O–H groups in total. The van der Waals surface area contributed by atoms with Gasteiger partial charge in [-0.05, 0) is 29.7 Å². The largest absolute Gasteiger partial charge is 0.508 e. The molecule has 2 aromatic carbocycles. The van der Waals surface area contributed by atoms with Crippen LogP contribution in [0.4, 0.5) is 4.79 Å². The molecular weight excluding hydrogens is 278 g/mol. The second kappa shape index (κ2) is 7.88. The van der Waals surface area contributed by atoms with Crippen molar-refractivity contribution in [3.63, 3.8) is 0 Å². The third kappa shape index (κ3) is 4.66. The van der Waals surface area contributed by atoms with Crippen LogP contribution < -0.4 is 5.32 Å². The number of carbonyl (C=O) groups is 1. The molecule has 0 aliphatic heterocycles. The number of hydrogen-bond acceptors (Lipinski definition) is 3. The van der Waals surface area contributed by atoms with Gasteiger partial charge in [0, 0.05) is 6.54 Å². The molecule has 114 valence electrons. The van der Waals surface area contributed by atoms with Crippen LogP contribution in [0.5, 0.6) is 5.75 Å². The van der Waals surface area contributed by atoms with Gasteiger partial charge in [0.15, 0.2) is 0 Å². The van der Waals surface area contributed by atoms with Crippen LogP contribution in [0.25, 0.3) is 6.08 Å². The maximum Gasteiger partial charge on any atom is 0.407 e. The zero-order valence-corrected chi connectivity index (χ0v) is 12.5. The average molecular weight is 297 g/mol. The Hall–Kier alpha value is -2.75. The lowest BCUT2D eigenvalue weighted by Gasteiger charge is -2.05. The van der Waals surface area contributed by atoms with Crippen molar-refractivity contribution in [1.29, 1.82) is 0 Å². The van der Waals surface area contributed by atoms with Crippen LogP contribution in [0.2, 0.25) is 0 Å². The van der Waals surface area contributed by atoms with Crippen molar-refractivity contribution in [1.82, 2.24) is 5.32 Å². The van der Waals surface area contributed by atoms with Gasteiger partial charge in [0.2, 0.25) is 0 Å². The Bertz CT molecular complexity index is 651. The summed E-state index contributed by atoms with van der Waals surface area (Å²) < 4.78 is 5.10. The maximum absolute atomic E-state index is 11.5. The van der Waals surface area contributed by atoms with Crippen molar-refractivity contribution >= 4 is 12.2 Å². The third-order valence-corrected chi connectivity index (χ3v) is 3.22. The van der Waals surface area contributed by atoms with E-state index >= 15 is 0 Å². The topological polar surface area (TPSA) is 58.6 Å². The molecule has 22 heavy (non-hydrogen) atoms. The SMILES string of the molecule is Cc1c(O)cccc1C=CCNC(=O)OCc1ccccc1. The number of benzene rings is 2. The highest BCUT2D eigenvalue weighted by atomic mass is 16.5. The van der Waals surface area contributed by atoms with E-state index < -0.39 is 6.09 Å². The minimum Gasteiger partial charge on any atom is -0.508 e. The van der Waals surface area contributed by atoms with Crippen molar-refractivity contribution < 1.29 is 14.6 Å². The summed E-state index contributed by atoms with van der Waals surface area (Å²) in [6.45, 7) is 2.46. The zero-order chi connectivity index (χ0) is 15.8. The number of aromatic hydroxyl groups is 1. The van der Waals surface area contributed by atoms with Crippen molar-refractivity contribution in [2.45, 2.75) is 13.5 Å². The molecule has 0 spiro atoms. The highest BCUT2D eigenvalue weighted by Crippen LogP contribution is 2.20. The van der Waals surface area contributed by atoms with E-state index in [0.717, 1.165) is 16.7 Å². The molecule has 4 heteroatoms. The van der Waals surface area contributed by atoms with E-state index in [0.29, 0.717) is 6.54 Å². The van der Waals surface area contributed by atoms with Crippen molar-refractivity contribution in [2.75, 3.05) is 6.54 Å². The van der Waals surface area contributed by atoms with Gasteiger partial charge in [-0.25, -0.2) is 4.79 Å². The Morgan fingerprint density at radius 1 is 1.18 bits per heavy atom. The van der Waals surface area contributed by atoms with Crippen LogP contribution in [-0.4, -0.2) is 17.7 Å². The summed E-state index contributed by atoms with van der Waals surface area (Å²) in [6.07, 6.45) is 3.21. The molecule has 0 saturated heterocycles. The van der Waals surface area contributed by atoms with Crippen LogP contribution in [0.15, 0.2) is 54.6 Å². The van der Waals surface area contributed by atoms with Gasteiger partial charge in [0.05, 0.1) is 0 Å². The molecule has 0 bridgehead atoms. The average Bonchev–Trinajstić information content (AvgIpc) is 2.54. The fraction of sp³-hybridized carbons (Fsp3) is 0.167. The molecule has 0 aliphatic carbocycles. The molecule has 1 amide bonds. The molecule has 4 nitrogen and oxygen atoms in total. The first kappa shape index (κ1) is 15.6. The Morgan fingerprint density at radius 3 is 2.73 bits per heavy atom. The number of hydrogen-bond donors (Lipinski definition) is 2. The van der Waals surface area contributed by atoms with Crippen molar-refractivity contribution in [3.8, 4) is 5.75 Å². The summed E-state index contributed by atoms with van der Waals surface area (Å²) in [5, 5.41) is 12.2. The smallest absolute Gasteiger partial charge is 0.407 e. The predicted octanol–water partition coefficient (Wildman–Crippen LogP) is 3.64. The quantitative estimate of drug-likeness (QED) is 0.886. The highest BCUT2D eigenvalue weighted by Gasteiger charge is 2.01. The van der Waals surface area contributed by atoms with Crippen molar-refractivity contribution in [3.05, 3.63) is 71.3 Å². The Labute approximate surface area is 130 Å². The fourth-order valence-electron chi connectivity index (χ4n) is 1.92. The van der Waals surface area contributed by atoms with E-state index in [1.807, 2.05) is 55.5 Å². The number of nitrogens with one attached hydrogen (secondary N) is 1. The van der Waals surface area contributed by atoms with Gasteiger partial charge < -0.3 is 15.2 Å². The van der Waals surface area contributed by atoms with E-state index in [2.05, 4.69) is 5.32 Å². The van der Waals surface area contributed by atoms with Crippen LogP contribution in [0.3, 0.4) is 0 Å². The molecule has 0 saturated carbocycles. The summed E-state index contributed by atoms with van der Waals surface area (Å²) >= 11 is 0. The fourth-order valence-corrected chi connectivity index (χ4v) is 1.92. The minimum atomic E-state index is -0.457. The molecule has 0 atom stereocenters. The van der Waals surface area contributed by atoms with Crippen LogP contribution in [0, 0.1) is 6.92 Å². The van der Waals surface area contributed by atoms with Gasteiger partial charge >= 0.3 is 6.09 Å². The number of amides is 1. The summed E-state index contributed by atoms with van der Waals surface area (Å²) in [4.78, 5) is 11.5. The third-order valence-electron chi connectivity index (χ3n) is 3.22. The number of alkyl carbamates (subject to hydrolysis) is 1. The molecule has 2 rings (SSSR count). The monoisotopic (exact) mass is 297 g/mol. The Morgan fingerprint density at radius 2 is 1.95 bits per heavy atom. The van der Waals surface area contributed by atoms with Gasteiger partial charge in [-0.2, -0.15) is 0 Å². The lowest BCUT2D eigenvalue weighted by molar-refractivity contribution is 0.141. The first-order chi connectivity index (χ1) is 10.7. The lowest BCUT2D eigenvalue weighted by atomic mass is 10.1. The van der Waals surface area contributed by atoms with E-state index in [1.54, 1.807) is 12.1 Å². The van der Waals surface area contributed by atoms with Crippen LogP contribution >= 0.6 is 0 Å². The molecule has 0 radical (unpaired) electrons. The molecule has 0 fully saturated rings. The number of phenolic OH excluding ortho intramolecular Hbond substituents is 1. The molecule has 0 unspecified atom stereocenters. The minimum absolute atomic E-state index is 0.252. The second-order valence-corrected chi connectivity index (χ2v) is 4.84. The van der Waals surface area contributed by atoms with E-state index in [9.17, 15) is 9.90 Å². The number of carbonyl (C=O) groups excluding carboxylic acids is 1. The zero-order valence-electron chi connectivity index (χ0n) is 12.5. The van der Waals surface area contributed by atoms with Gasteiger partial charge in [0.25, 0.3) is 0 Å². The lowest BCUT2D eigenvalue weighted by Crippen LogP contribution is -2.24. The van der Waals surface area contributed by atoms with E-state index in [-0.39, 0.29) is 12.4 Å². The van der Waals surface area contributed by atoms with Crippen LogP contribution in [0.1, 0.15) is 16.7 Å². The molecular formula is C18H19NO3. The highest BCUT2D eigenvalue weighted by molar-refractivity contribution is 5.67. The summed E-state index contributed by atoms with van der Waals surface area (Å²) in [6, 6.07) is 14.8. The molecule has 0 aromatic heterocycles. The van der Waals surface area contributed by atoms with Crippen LogP contribution in [-0.2, 0) is 11.3 Å². The second-order valence-electron chi connectivity index (χ2n) is 4.84. The van der Waals surface area contributed by atoms with Gasteiger partial charge in [-0.3, -0.25) is 0 Å². The van der Waals surface area contributed by atoms with E-state index in [1.165, 1.54) is 0 Å². The summed E-state index contributed by atoms with van der Waals surface area (Å²) in [5.74, 6) is 0.261. The molecule has 2 aromatic rings. The Kier molecular flexibility index (Phi) is 5.60. The molecule has 0 heterocycles. The van der Waals surface area contributed by atoms with Gasteiger partial charge in [-0.1, -0.05) is 54.6 Å². The summed E-state index contributed by atoms with van der Waals surface area (Å²) in [7, 11) is 0. The van der Waals surface area contributed by atoms with Gasteiger partial charge in [-0.15, -0.1) is 0 Å². The number of rotatable bonds is 5. The standard InChI is InChI=1S/C18H19NO3/c1-14-16(9-5-11-17(14)20)10-6-12-19-18(21)22-13-15-7-3-2-4-8-15/h2-11,20H,12-13H2,1H3,(H,19,21). The normalized spacial score (nSPS) is 10.6. The molecule has 0 aliphatic rings. The first-order valence-electron chi connectivity index (χ1n) is 7.06. The van der Waals surface area contributed by atoms with E-state index in [4.69, 9.17) is 4.74 Å². The number of phenols is 1. The van der Waals surface area contributed by atoms with Crippen molar-refractivity contribution in [2.24, 2.45) is 0 Å². The Balaban J connectivity index is 1.75. The maximum atomic E-state index is 11.5. The predicted molar refractivity (Wildman–Crippen MR) is 86.5 cm³/mol.